The first-order valence-corrected chi connectivity index (χ1v) is 10.0. The van der Waals surface area contributed by atoms with Crippen LogP contribution in [0.2, 0.25) is 0 Å². The summed E-state index contributed by atoms with van der Waals surface area (Å²) in [6.07, 6.45) is 4.47. The Balaban J connectivity index is 1.59. The summed E-state index contributed by atoms with van der Waals surface area (Å²) in [5.41, 5.74) is 2.21. The Morgan fingerprint density at radius 3 is 2.70 bits per heavy atom. The number of hydrogen-bond acceptors (Lipinski definition) is 3. The molecule has 0 radical (unpaired) electrons. The highest BCUT2D eigenvalue weighted by atomic mass is 79.9. The molecule has 27 heavy (non-hydrogen) atoms. The molecule has 0 atom stereocenters. The highest BCUT2D eigenvalue weighted by Crippen LogP contribution is 2.24. The molecule has 0 bridgehead atoms. The third-order valence-corrected chi connectivity index (χ3v) is 5.24. The maximum Gasteiger partial charge on any atom is 0.246 e. The number of hydrogen-bond donors (Lipinski definition) is 0. The number of nitrogens with zero attached hydrogens (tertiary/aromatic N) is 2. The third-order valence-electron chi connectivity index (χ3n) is 4.75. The molecule has 0 aromatic heterocycles. The summed E-state index contributed by atoms with van der Waals surface area (Å²) >= 11 is 3.46. The van der Waals surface area contributed by atoms with Crippen LogP contribution in [-0.4, -0.2) is 49.0 Å². The minimum Gasteiger partial charge on any atom is -0.496 e. The minimum atomic E-state index is 0.0542. The molecule has 0 spiro atoms. The number of methoxy groups -OCH3 is 1. The van der Waals surface area contributed by atoms with Crippen LogP contribution in [0.5, 0.6) is 5.75 Å². The van der Waals surface area contributed by atoms with Crippen molar-refractivity contribution in [2.45, 2.75) is 13.0 Å². The van der Waals surface area contributed by atoms with Crippen LogP contribution < -0.4 is 4.74 Å². The van der Waals surface area contributed by atoms with Gasteiger partial charge in [0.15, 0.2) is 0 Å². The van der Waals surface area contributed by atoms with Crippen molar-refractivity contribution >= 4 is 27.9 Å². The van der Waals surface area contributed by atoms with E-state index in [-0.39, 0.29) is 5.91 Å². The molecule has 0 saturated carbocycles. The second-order valence-electron chi connectivity index (χ2n) is 6.66. The predicted octanol–water partition coefficient (Wildman–Crippen LogP) is 4.21. The fourth-order valence-corrected chi connectivity index (χ4v) is 3.67. The molecule has 4 nitrogen and oxygen atoms in total. The van der Waals surface area contributed by atoms with E-state index in [0.29, 0.717) is 0 Å². The van der Waals surface area contributed by atoms with Gasteiger partial charge in [-0.1, -0.05) is 46.3 Å². The lowest BCUT2D eigenvalue weighted by molar-refractivity contribution is -0.125. The largest absolute Gasteiger partial charge is 0.496 e. The summed E-state index contributed by atoms with van der Waals surface area (Å²) < 4.78 is 6.33. The lowest BCUT2D eigenvalue weighted by Gasteiger charge is -2.21. The zero-order valence-electron chi connectivity index (χ0n) is 15.6. The van der Waals surface area contributed by atoms with E-state index in [1.807, 2.05) is 35.2 Å². The average Bonchev–Trinajstić information content (AvgIpc) is 2.93. The van der Waals surface area contributed by atoms with Crippen LogP contribution in [0, 0.1) is 0 Å². The highest BCUT2D eigenvalue weighted by molar-refractivity contribution is 9.10. The van der Waals surface area contributed by atoms with Crippen molar-refractivity contribution in [1.82, 2.24) is 9.80 Å². The SMILES string of the molecule is COc1ccc(Br)cc1/C=C/C(=O)N1CCCN(Cc2ccccc2)CC1. The maximum atomic E-state index is 12.6. The Labute approximate surface area is 169 Å². The fraction of sp³-hybridized carbons (Fsp3) is 0.318. The first kappa shape index (κ1) is 19.6. The van der Waals surface area contributed by atoms with Gasteiger partial charge in [-0.3, -0.25) is 9.69 Å². The molecule has 1 heterocycles. The molecule has 2 aromatic rings. The van der Waals surface area contributed by atoms with Crippen LogP contribution >= 0.6 is 15.9 Å². The van der Waals surface area contributed by atoms with Gasteiger partial charge in [-0.25, -0.2) is 0 Å². The van der Waals surface area contributed by atoms with Crippen LogP contribution in [0.15, 0.2) is 59.1 Å². The van der Waals surface area contributed by atoms with E-state index in [1.54, 1.807) is 13.2 Å². The number of ether oxygens (including phenoxy) is 1. The van der Waals surface area contributed by atoms with Crippen LogP contribution in [0.3, 0.4) is 0 Å². The molecule has 1 aliphatic rings. The Kier molecular flexibility index (Phi) is 7.07. The quantitative estimate of drug-likeness (QED) is 0.668. The van der Waals surface area contributed by atoms with Gasteiger partial charge in [0.2, 0.25) is 5.91 Å². The third kappa shape index (κ3) is 5.68. The Hall–Kier alpha value is -2.11. The fourth-order valence-electron chi connectivity index (χ4n) is 3.29. The molecule has 1 amide bonds. The number of benzene rings is 2. The summed E-state index contributed by atoms with van der Waals surface area (Å²) in [5.74, 6) is 0.811. The van der Waals surface area contributed by atoms with Gasteiger partial charge in [-0.2, -0.15) is 0 Å². The van der Waals surface area contributed by atoms with Crippen molar-refractivity contribution < 1.29 is 9.53 Å². The first-order valence-electron chi connectivity index (χ1n) is 9.22. The first-order chi connectivity index (χ1) is 13.2. The molecule has 5 heteroatoms. The number of rotatable bonds is 5. The van der Waals surface area contributed by atoms with Crippen molar-refractivity contribution in [2.75, 3.05) is 33.3 Å². The summed E-state index contributed by atoms with van der Waals surface area (Å²) in [4.78, 5) is 17.0. The van der Waals surface area contributed by atoms with Gasteiger partial charge in [0.05, 0.1) is 7.11 Å². The van der Waals surface area contributed by atoms with E-state index in [4.69, 9.17) is 4.74 Å². The van der Waals surface area contributed by atoms with E-state index < -0.39 is 0 Å². The summed E-state index contributed by atoms with van der Waals surface area (Å²) in [6, 6.07) is 16.3. The molecule has 1 fully saturated rings. The van der Waals surface area contributed by atoms with Gasteiger partial charge in [0.1, 0.15) is 5.75 Å². The van der Waals surface area contributed by atoms with Crippen molar-refractivity contribution in [3.05, 3.63) is 70.2 Å². The molecule has 1 aliphatic heterocycles. The molecule has 0 aliphatic carbocycles. The van der Waals surface area contributed by atoms with E-state index in [0.717, 1.165) is 54.9 Å². The number of carbonyl (C=O) groups is 1. The van der Waals surface area contributed by atoms with E-state index in [9.17, 15) is 4.79 Å². The Morgan fingerprint density at radius 2 is 1.93 bits per heavy atom. The van der Waals surface area contributed by atoms with Crippen molar-refractivity contribution in [3.8, 4) is 5.75 Å². The Morgan fingerprint density at radius 1 is 1.11 bits per heavy atom. The number of halogens is 1. The molecule has 0 unspecified atom stereocenters. The van der Waals surface area contributed by atoms with Gasteiger partial charge in [0, 0.05) is 48.8 Å². The summed E-state index contributed by atoms with van der Waals surface area (Å²) in [5, 5.41) is 0. The second-order valence-corrected chi connectivity index (χ2v) is 7.58. The molecule has 1 saturated heterocycles. The zero-order chi connectivity index (χ0) is 19.1. The lowest BCUT2D eigenvalue weighted by Crippen LogP contribution is -2.34. The van der Waals surface area contributed by atoms with E-state index >= 15 is 0 Å². The summed E-state index contributed by atoms with van der Waals surface area (Å²) in [7, 11) is 1.64. The minimum absolute atomic E-state index is 0.0542. The molecule has 2 aromatic carbocycles. The molecular weight excluding hydrogens is 404 g/mol. The average molecular weight is 429 g/mol. The van der Waals surface area contributed by atoms with E-state index in [1.165, 1.54) is 5.56 Å². The number of amides is 1. The smallest absolute Gasteiger partial charge is 0.246 e. The second kappa shape index (κ2) is 9.72. The summed E-state index contributed by atoms with van der Waals surface area (Å²) in [6.45, 7) is 4.40. The van der Waals surface area contributed by atoms with Gasteiger partial charge in [-0.05, 0) is 36.3 Å². The monoisotopic (exact) mass is 428 g/mol. The van der Waals surface area contributed by atoms with Crippen molar-refractivity contribution in [1.29, 1.82) is 0 Å². The van der Waals surface area contributed by atoms with Gasteiger partial charge in [-0.15, -0.1) is 0 Å². The maximum absolute atomic E-state index is 12.6. The topological polar surface area (TPSA) is 32.8 Å². The van der Waals surface area contributed by atoms with Gasteiger partial charge >= 0.3 is 0 Å². The van der Waals surface area contributed by atoms with Crippen molar-refractivity contribution in [3.63, 3.8) is 0 Å². The number of carbonyl (C=O) groups excluding carboxylic acids is 1. The molecule has 142 valence electrons. The van der Waals surface area contributed by atoms with Crippen LogP contribution in [0.1, 0.15) is 17.5 Å². The van der Waals surface area contributed by atoms with Crippen LogP contribution in [0.4, 0.5) is 0 Å². The van der Waals surface area contributed by atoms with E-state index in [2.05, 4.69) is 45.1 Å². The predicted molar refractivity (Wildman–Crippen MR) is 113 cm³/mol. The van der Waals surface area contributed by atoms with Crippen LogP contribution in [0.25, 0.3) is 6.08 Å². The van der Waals surface area contributed by atoms with Gasteiger partial charge in [0.25, 0.3) is 0 Å². The van der Waals surface area contributed by atoms with Crippen molar-refractivity contribution in [2.24, 2.45) is 0 Å². The Bertz CT molecular complexity index is 792. The standard InChI is InChI=1S/C22H25BrN2O2/c1-27-21-10-9-20(23)16-19(21)8-11-22(26)25-13-5-12-24(14-15-25)17-18-6-3-2-4-7-18/h2-4,6-11,16H,5,12-15,17H2,1H3/b11-8+. The molecule has 3 rings (SSSR count). The highest BCUT2D eigenvalue weighted by Gasteiger charge is 2.17. The lowest BCUT2D eigenvalue weighted by atomic mass is 10.2. The normalized spacial score (nSPS) is 15.7. The van der Waals surface area contributed by atoms with Crippen LogP contribution in [-0.2, 0) is 11.3 Å². The molecular formula is C22H25BrN2O2. The molecule has 0 N–H and O–H groups in total. The van der Waals surface area contributed by atoms with Gasteiger partial charge < -0.3 is 9.64 Å². The zero-order valence-corrected chi connectivity index (χ0v) is 17.2.